The molecule has 156 valence electrons. The van der Waals surface area contributed by atoms with E-state index in [0.717, 1.165) is 58.0 Å². The van der Waals surface area contributed by atoms with E-state index in [-0.39, 0.29) is 0 Å². The quantitative estimate of drug-likeness (QED) is 0.478. The first-order valence-electron chi connectivity index (χ1n) is 9.98. The molecule has 4 aromatic heterocycles. The molecule has 0 radical (unpaired) electrons. The van der Waals surface area contributed by atoms with Gasteiger partial charge in [0.25, 0.3) is 0 Å². The minimum Gasteiger partial charge on any atom is -0.481 e. The molecule has 7 heteroatoms. The molecule has 0 saturated carbocycles. The van der Waals surface area contributed by atoms with E-state index in [9.17, 15) is 0 Å². The van der Waals surface area contributed by atoms with Gasteiger partial charge in [0.05, 0.1) is 35.3 Å². The first kappa shape index (κ1) is 20.1. The van der Waals surface area contributed by atoms with Crippen LogP contribution >= 0.6 is 0 Å². The van der Waals surface area contributed by atoms with Gasteiger partial charge in [0.15, 0.2) is 0 Å². The normalized spacial score (nSPS) is 11.6. The van der Waals surface area contributed by atoms with Crippen LogP contribution in [0, 0.1) is 20.8 Å². The van der Waals surface area contributed by atoms with Crippen molar-refractivity contribution in [3.8, 4) is 28.4 Å². The van der Waals surface area contributed by atoms with Crippen molar-refractivity contribution in [1.82, 2.24) is 24.6 Å². The lowest BCUT2D eigenvalue weighted by molar-refractivity contribution is 0.385. The van der Waals surface area contributed by atoms with Crippen LogP contribution < -0.4 is 4.74 Å². The lowest BCUT2D eigenvalue weighted by Gasteiger charge is -2.14. The van der Waals surface area contributed by atoms with Gasteiger partial charge in [0.2, 0.25) is 5.88 Å². The van der Waals surface area contributed by atoms with Crippen LogP contribution in [-0.2, 0) is 6.54 Å². The molecule has 0 amide bonds. The predicted octanol–water partition coefficient (Wildman–Crippen LogP) is 4.25. The van der Waals surface area contributed by atoms with E-state index in [0.29, 0.717) is 5.88 Å². The van der Waals surface area contributed by atoms with Gasteiger partial charge in [-0.1, -0.05) is 5.16 Å². The van der Waals surface area contributed by atoms with Crippen LogP contribution in [0.5, 0.6) is 5.88 Å². The van der Waals surface area contributed by atoms with Crippen LogP contribution in [0.3, 0.4) is 0 Å². The fourth-order valence-corrected chi connectivity index (χ4v) is 3.82. The summed E-state index contributed by atoms with van der Waals surface area (Å²) in [6.45, 7) is 7.86. The maximum Gasteiger partial charge on any atom is 0.212 e. The number of methoxy groups -OCH3 is 1. The highest BCUT2D eigenvalue weighted by Gasteiger charge is 2.19. The molecular weight excluding hydrogens is 378 g/mol. The standard InChI is InChI=1S/C23H27N5O2/c1-14-11-18-20(28(14)10-9-27(4)5)12-19(22-15(2)26-30-16(22)3)25-23(18)17-7-8-21(29-6)24-13-17/h7-8,11-13H,9-10H2,1-6H3. The zero-order chi connectivity index (χ0) is 21.4. The molecule has 30 heavy (non-hydrogen) atoms. The fourth-order valence-electron chi connectivity index (χ4n) is 3.82. The van der Waals surface area contributed by atoms with Crippen molar-refractivity contribution in [3.63, 3.8) is 0 Å². The maximum atomic E-state index is 5.42. The summed E-state index contributed by atoms with van der Waals surface area (Å²) < 4.78 is 13.0. The van der Waals surface area contributed by atoms with Crippen molar-refractivity contribution >= 4 is 10.9 Å². The third kappa shape index (κ3) is 3.57. The van der Waals surface area contributed by atoms with Gasteiger partial charge < -0.3 is 18.7 Å². The Labute approximate surface area is 176 Å². The first-order chi connectivity index (χ1) is 14.4. The van der Waals surface area contributed by atoms with E-state index in [4.69, 9.17) is 14.2 Å². The number of fused-ring (bicyclic) bond motifs is 1. The summed E-state index contributed by atoms with van der Waals surface area (Å²) in [5.74, 6) is 1.35. The van der Waals surface area contributed by atoms with Crippen molar-refractivity contribution in [2.75, 3.05) is 27.7 Å². The average molecular weight is 406 g/mol. The van der Waals surface area contributed by atoms with Gasteiger partial charge in [-0.15, -0.1) is 0 Å². The van der Waals surface area contributed by atoms with Crippen LogP contribution in [0.4, 0.5) is 0 Å². The Morgan fingerprint density at radius 2 is 1.93 bits per heavy atom. The molecule has 0 spiro atoms. The number of hydrogen-bond donors (Lipinski definition) is 0. The first-order valence-corrected chi connectivity index (χ1v) is 9.98. The summed E-state index contributed by atoms with van der Waals surface area (Å²) in [7, 11) is 5.80. The SMILES string of the molecule is COc1ccc(-c2nc(-c3c(C)noc3C)cc3c2cc(C)n3CCN(C)C)cn1. The molecule has 7 nitrogen and oxygen atoms in total. The monoisotopic (exact) mass is 405 g/mol. The second-order valence-electron chi connectivity index (χ2n) is 7.82. The Kier molecular flexibility index (Phi) is 5.30. The molecule has 0 aliphatic rings. The van der Waals surface area contributed by atoms with Crippen molar-refractivity contribution in [2.45, 2.75) is 27.3 Å². The number of pyridine rings is 2. The Bertz CT molecular complexity index is 1170. The minimum atomic E-state index is 0.580. The topological polar surface area (TPSA) is 69.2 Å². The molecule has 0 bridgehead atoms. The summed E-state index contributed by atoms with van der Waals surface area (Å²) in [5.41, 5.74) is 6.81. The minimum absolute atomic E-state index is 0.580. The zero-order valence-corrected chi connectivity index (χ0v) is 18.4. The van der Waals surface area contributed by atoms with Crippen molar-refractivity contribution in [3.05, 3.63) is 47.6 Å². The molecule has 4 heterocycles. The zero-order valence-electron chi connectivity index (χ0n) is 18.4. The molecule has 0 aliphatic carbocycles. The highest BCUT2D eigenvalue weighted by Crippen LogP contribution is 2.35. The largest absolute Gasteiger partial charge is 0.481 e. The Morgan fingerprint density at radius 1 is 1.13 bits per heavy atom. The Balaban J connectivity index is 1.97. The summed E-state index contributed by atoms with van der Waals surface area (Å²) in [4.78, 5) is 11.6. The third-order valence-electron chi connectivity index (χ3n) is 5.39. The maximum absolute atomic E-state index is 5.42. The number of hydrogen-bond acceptors (Lipinski definition) is 6. The molecular formula is C23H27N5O2. The second kappa shape index (κ2) is 7.91. The summed E-state index contributed by atoms with van der Waals surface area (Å²) >= 11 is 0. The number of nitrogens with zero attached hydrogens (tertiary/aromatic N) is 5. The van der Waals surface area contributed by atoms with E-state index in [2.05, 4.69) is 52.8 Å². The molecule has 0 aromatic carbocycles. The predicted molar refractivity (Wildman–Crippen MR) is 118 cm³/mol. The van der Waals surface area contributed by atoms with E-state index in [1.807, 2.05) is 32.2 Å². The summed E-state index contributed by atoms with van der Waals surface area (Å²) in [6, 6.07) is 8.21. The Morgan fingerprint density at radius 3 is 2.53 bits per heavy atom. The number of aromatic nitrogens is 4. The highest BCUT2D eigenvalue weighted by atomic mass is 16.5. The number of aryl methyl sites for hydroxylation is 3. The van der Waals surface area contributed by atoms with Crippen LogP contribution in [-0.4, -0.2) is 52.3 Å². The van der Waals surface area contributed by atoms with Crippen LogP contribution in [0.25, 0.3) is 33.4 Å². The molecule has 0 unspecified atom stereocenters. The second-order valence-corrected chi connectivity index (χ2v) is 7.82. The summed E-state index contributed by atoms with van der Waals surface area (Å²) in [6.07, 6.45) is 1.81. The third-order valence-corrected chi connectivity index (χ3v) is 5.39. The molecule has 0 atom stereocenters. The lowest BCUT2D eigenvalue weighted by atomic mass is 10.0. The van der Waals surface area contributed by atoms with Crippen LogP contribution in [0.15, 0.2) is 35.0 Å². The molecule has 0 N–H and O–H groups in total. The van der Waals surface area contributed by atoms with E-state index >= 15 is 0 Å². The molecule has 0 fully saturated rings. The van der Waals surface area contributed by atoms with E-state index in [1.165, 1.54) is 5.69 Å². The van der Waals surface area contributed by atoms with Gasteiger partial charge >= 0.3 is 0 Å². The van der Waals surface area contributed by atoms with Crippen molar-refractivity contribution in [1.29, 1.82) is 0 Å². The average Bonchev–Trinajstić information content (AvgIpc) is 3.23. The van der Waals surface area contributed by atoms with Crippen LogP contribution in [0.2, 0.25) is 0 Å². The van der Waals surface area contributed by atoms with Gasteiger partial charge in [-0.2, -0.15) is 0 Å². The number of likely N-dealkylation sites (N-methyl/N-ethyl adjacent to an activating group) is 1. The number of rotatable bonds is 6. The smallest absolute Gasteiger partial charge is 0.212 e. The fraction of sp³-hybridized carbons (Fsp3) is 0.348. The number of ether oxygens (including phenoxy) is 1. The van der Waals surface area contributed by atoms with Crippen molar-refractivity contribution < 1.29 is 9.26 Å². The molecule has 4 aromatic rings. The molecule has 0 aliphatic heterocycles. The van der Waals surface area contributed by atoms with E-state index < -0.39 is 0 Å². The molecule has 0 saturated heterocycles. The summed E-state index contributed by atoms with van der Waals surface area (Å²) in [5, 5.41) is 5.23. The highest BCUT2D eigenvalue weighted by molar-refractivity contribution is 5.96. The lowest BCUT2D eigenvalue weighted by Crippen LogP contribution is -2.18. The van der Waals surface area contributed by atoms with Gasteiger partial charge in [-0.05, 0) is 53.1 Å². The van der Waals surface area contributed by atoms with Gasteiger partial charge in [-0.3, -0.25) is 0 Å². The van der Waals surface area contributed by atoms with Gasteiger partial charge in [0, 0.05) is 42.0 Å². The van der Waals surface area contributed by atoms with Crippen LogP contribution in [0.1, 0.15) is 17.1 Å². The van der Waals surface area contributed by atoms with Gasteiger partial charge in [0.1, 0.15) is 5.76 Å². The molecule has 4 rings (SSSR count). The van der Waals surface area contributed by atoms with Gasteiger partial charge in [-0.25, -0.2) is 9.97 Å². The van der Waals surface area contributed by atoms with Crippen molar-refractivity contribution in [2.24, 2.45) is 0 Å². The van der Waals surface area contributed by atoms with E-state index in [1.54, 1.807) is 7.11 Å². The Hall–Kier alpha value is -3.19.